The second-order valence-corrected chi connectivity index (χ2v) is 2.45. The average molecular weight is 437 g/mol. The maximum Gasteiger partial charge on any atom is -1.00 e. The van der Waals surface area contributed by atoms with Crippen LogP contribution in [0.1, 0.15) is 13.8 Å². The molecule has 0 aliphatic carbocycles. The summed E-state index contributed by atoms with van der Waals surface area (Å²) in [6.07, 6.45) is 0. The van der Waals surface area contributed by atoms with Gasteiger partial charge in [-0.15, -0.1) is 0 Å². The Balaban J connectivity index is -0.00000000571. The van der Waals surface area contributed by atoms with Gasteiger partial charge in [-0.1, -0.05) is 0 Å². The van der Waals surface area contributed by atoms with Gasteiger partial charge in [0.1, 0.15) is 0 Å². The molecule has 0 nitrogen and oxygen atoms in total. The van der Waals surface area contributed by atoms with Crippen LogP contribution in [-0.2, 0) is 0 Å². The molecule has 0 N–H and O–H groups in total. The van der Waals surface area contributed by atoms with Gasteiger partial charge in [0.25, 0.3) is 0 Å². The van der Waals surface area contributed by atoms with E-state index in [9.17, 15) is 0 Å². The number of hydrogen-bond acceptors (Lipinski definition) is 0. The minimum absolute atomic E-state index is 0. The largest absolute Gasteiger partial charge is 1.00 e. The van der Waals surface area contributed by atoms with Gasteiger partial charge >= 0.3 is 57.0 Å². The van der Waals surface area contributed by atoms with Crippen molar-refractivity contribution < 1.29 is 72.8 Å². The molecule has 0 aliphatic rings. The van der Waals surface area contributed by atoms with Crippen LogP contribution in [0.15, 0.2) is 0 Å². The zero-order valence-corrected chi connectivity index (χ0v) is 14.2. The van der Waals surface area contributed by atoms with Crippen LogP contribution in [0.3, 0.4) is 0 Å². The predicted octanol–water partition coefficient (Wildman–Crippen LogP) is -10.8. The van der Waals surface area contributed by atoms with Crippen molar-refractivity contribution in [3.05, 3.63) is 0 Å². The fraction of sp³-hybridized carbons (Fsp3) is 1.00. The quantitative estimate of drug-likeness (QED) is 0.261. The van der Waals surface area contributed by atoms with E-state index in [0.29, 0.717) is 0 Å². The van der Waals surface area contributed by atoms with Crippen molar-refractivity contribution in [2.75, 3.05) is 0 Å². The first-order chi connectivity index (χ1) is 2.83. The van der Waals surface area contributed by atoms with Gasteiger partial charge < -0.3 is 72.8 Å². The van der Waals surface area contributed by atoms with Crippen LogP contribution in [0.2, 0.25) is 10.6 Å². The minimum atomic E-state index is 0. The number of halogens is 4. The Labute approximate surface area is 128 Å². The first-order valence-electron chi connectivity index (χ1n) is 2.23. The van der Waals surface area contributed by atoms with Gasteiger partial charge in [0.05, 0.1) is 0 Å². The number of rotatable bonds is 0. The van der Waals surface area contributed by atoms with Crippen LogP contribution < -0.4 is 72.8 Å². The molecule has 0 spiro atoms. The first kappa shape index (κ1) is 38.0. The summed E-state index contributed by atoms with van der Waals surface area (Å²) in [5.41, 5.74) is 0. The van der Waals surface area contributed by atoms with Gasteiger partial charge in [-0.3, -0.25) is 0 Å². The molecule has 0 aromatic heterocycles. The normalized spacial score (nSPS) is 3.80. The molecule has 0 amide bonds. The SMILES string of the molecule is C[CH2][Al+2].C[CH2][Al+2].[Cl-].[Cl-].[I-].[I-]. The standard InChI is InChI=1S/2C2H5.2Al.2ClH.2HI/c2*1-2;;;;;;/h2*1H2,2H3;;;4*1H/q;;2*+2;;;;/p-4. The van der Waals surface area contributed by atoms with Crippen molar-refractivity contribution in [3.63, 3.8) is 0 Å². The van der Waals surface area contributed by atoms with Crippen molar-refractivity contribution >= 4 is 32.6 Å². The summed E-state index contributed by atoms with van der Waals surface area (Å²) in [5, 5.41) is 2.33. The third-order valence-corrected chi connectivity index (χ3v) is 0. The third-order valence-electron chi connectivity index (χ3n) is 0. The number of hydrogen-bond donors (Lipinski definition) is 0. The first-order valence-corrected chi connectivity index (χ1v) is 3.86. The van der Waals surface area contributed by atoms with E-state index in [1.165, 1.54) is 10.6 Å². The Kier molecular flexibility index (Phi) is 218. The Morgan fingerprint density at radius 1 is 0.800 bits per heavy atom. The molecule has 6 heteroatoms. The molecule has 0 aromatic rings. The van der Waals surface area contributed by atoms with Crippen molar-refractivity contribution in [2.45, 2.75) is 24.4 Å². The fourth-order valence-corrected chi connectivity index (χ4v) is 0. The molecule has 0 aliphatic heterocycles. The third kappa shape index (κ3) is 118. The van der Waals surface area contributed by atoms with Crippen LogP contribution >= 0.6 is 0 Å². The van der Waals surface area contributed by atoms with E-state index in [1.54, 1.807) is 0 Å². The zero-order valence-electron chi connectivity index (χ0n) is 6.08. The van der Waals surface area contributed by atoms with Gasteiger partial charge in [0.15, 0.2) is 0 Å². The van der Waals surface area contributed by atoms with E-state index in [2.05, 4.69) is 46.4 Å². The summed E-state index contributed by atoms with van der Waals surface area (Å²) in [6.45, 7) is 4.18. The molecule has 10 heavy (non-hydrogen) atoms. The van der Waals surface area contributed by atoms with E-state index >= 15 is 0 Å². The summed E-state index contributed by atoms with van der Waals surface area (Å²) in [4.78, 5) is 0. The van der Waals surface area contributed by atoms with Crippen LogP contribution in [0.5, 0.6) is 0 Å². The summed E-state index contributed by atoms with van der Waals surface area (Å²) in [6, 6.07) is 0. The fourth-order valence-electron chi connectivity index (χ4n) is 0. The van der Waals surface area contributed by atoms with Gasteiger partial charge in [0, 0.05) is 0 Å². The Bertz CT molecular complexity index is 21.2. The zero-order chi connectivity index (χ0) is 5.41. The maximum absolute atomic E-state index is 2.58. The predicted molar refractivity (Wildman–Crippen MR) is 32.5 cm³/mol. The summed E-state index contributed by atoms with van der Waals surface area (Å²) >= 11 is 5.16. The molecular weight excluding hydrogens is 427 g/mol. The second kappa shape index (κ2) is 57.3. The molecular formula is C4H10Al2Cl2I2. The molecule has 0 unspecified atom stereocenters. The van der Waals surface area contributed by atoms with E-state index in [1.807, 2.05) is 0 Å². The Morgan fingerprint density at radius 3 is 0.800 bits per heavy atom. The molecule has 0 atom stereocenters. The molecule has 0 saturated carbocycles. The molecule has 60 valence electrons. The summed E-state index contributed by atoms with van der Waals surface area (Å²) < 4.78 is 0. The molecule has 0 rings (SSSR count). The topological polar surface area (TPSA) is 0 Å². The van der Waals surface area contributed by atoms with Crippen molar-refractivity contribution in [1.82, 2.24) is 0 Å². The van der Waals surface area contributed by atoms with Crippen LogP contribution in [0.25, 0.3) is 0 Å². The van der Waals surface area contributed by atoms with E-state index < -0.39 is 0 Å². The van der Waals surface area contributed by atoms with E-state index in [-0.39, 0.29) is 72.8 Å². The monoisotopic (exact) mass is 436 g/mol. The van der Waals surface area contributed by atoms with E-state index in [0.717, 1.165) is 0 Å². The molecule has 0 aromatic carbocycles. The van der Waals surface area contributed by atoms with Gasteiger partial charge in [-0.05, 0) is 0 Å². The van der Waals surface area contributed by atoms with Crippen molar-refractivity contribution in [2.24, 2.45) is 0 Å². The molecule has 0 saturated heterocycles. The van der Waals surface area contributed by atoms with Gasteiger partial charge in [-0.25, -0.2) is 0 Å². The Hall–Kier alpha value is 3.10. The molecule has 0 fully saturated rings. The second-order valence-electron chi connectivity index (χ2n) is 0.816. The van der Waals surface area contributed by atoms with Crippen LogP contribution in [0.4, 0.5) is 0 Å². The summed E-state index contributed by atoms with van der Waals surface area (Å²) in [5.74, 6) is 0. The van der Waals surface area contributed by atoms with E-state index in [4.69, 9.17) is 0 Å². The summed E-state index contributed by atoms with van der Waals surface area (Å²) in [7, 11) is 0. The van der Waals surface area contributed by atoms with Crippen molar-refractivity contribution in [3.8, 4) is 0 Å². The molecule has 0 radical (unpaired) electrons. The van der Waals surface area contributed by atoms with Crippen LogP contribution in [0, 0.1) is 0 Å². The Morgan fingerprint density at radius 2 is 0.800 bits per heavy atom. The van der Waals surface area contributed by atoms with Gasteiger partial charge in [0.2, 0.25) is 0 Å². The molecule has 0 bridgehead atoms. The minimum Gasteiger partial charge on any atom is -1.00 e. The average Bonchev–Trinajstić information content (AvgIpc) is 1.39. The smallest absolute Gasteiger partial charge is 1.00 e. The maximum atomic E-state index is 2.58. The van der Waals surface area contributed by atoms with Gasteiger partial charge in [-0.2, -0.15) is 0 Å². The molecule has 0 heterocycles. The van der Waals surface area contributed by atoms with Crippen molar-refractivity contribution in [1.29, 1.82) is 0 Å². The van der Waals surface area contributed by atoms with Crippen LogP contribution in [-0.4, -0.2) is 32.6 Å².